The minimum Gasteiger partial charge on any atom is -0.361 e. The van der Waals surface area contributed by atoms with Gasteiger partial charge < -0.3 is 15.2 Å². The van der Waals surface area contributed by atoms with Crippen molar-refractivity contribution in [1.29, 1.82) is 0 Å². The Balaban J connectivity index is 2.52. The summed E-state index contributed by atoms with van der Waals surface area (Å²) >= 11 is 0. The molecule has 0 saturated carbocycles. The van der Waals surface area contributed by atoms with Crippen LogP contribution < -0.4 is 5.73 Å². The standard InChI is InChI=1S/C11H19N3O2/c1-8-5-9(13-16-8)7-14(4)10(15)6-11(2,3)12/h5H,6-7,12H2,1-4H3. The topological polar surface area (TPSA) is 72.4 Å². The molecule has 5 nitrogen and oxygen atoms in total. The maximum absolute atomic E-state index is 11.8. The van der Waals surface area contributed by atoms with Gasteiger partial charge in [0.1, 0.15) is 11.5 Å². The van der Waals surface area contributed by atoms with Crippen molar-refractivity contribution in [2.45, 2.75) is 39.3 Å². The first kappa shape index (κ1) is 12.7. The monoisotopic (exact) mass is 225 g/mol. The number of hydrogen-bond acceptors (Lipinski definition) is 4. The van der Waals surface area contributed by atoms with Gasteiger partial charge in [-0.05, 0) is 20.8 Å². The van der Waals surface area contributed by atoms with Crippen LogP contribution in [0.1, 0.15) is 31.7 Å². The van der Waals surface area contributed by atoms with E-state index in [2.05, 4.69) is 5.16 Å². The second-order valence-corrected chi connectivity index (χ2v) is 4.84. The number of hydrogen-bond donors (Lipinski definition) is 1. The van der Waals surface area contributed by atoms with Crippen LogP contribution in [0.25, 0.3) is 0 Å². The van der Waals surface area contributed by atoms with Crippen molar-refractivity contribution in [2.75, 3.05) is 7.05 Å². The molecule has 0 aromatic carbocycles. The average molecular weight is 225 g/mol. The van der Waals surface area contributed by atoms with Crippen molar-refractivity contribution < 1.29 is 9.32 Å². The lowest BCUT2D eigenvalue weighted by Gasteiger charge is -2.22. The number of nitrogens with two attached hydrogens (primary N) is 1. The van der Waals surface area contributed by atoms with Crippen LogP contribution in [-0.4, -0.2) is 28.6 Å². The van der Waals surface area contributed by atoms with Crippen LogP contribution in [0.3, 0.4) is 0 Å². The van der Waals surface area contributed by atoms with Gasteiger partial charge in [-0.1, -0.05) is 5.16 Å². The van der Waals surface area contributed by atoms with Gasteiger partial charge >= 0.3 is 0 Å². The zero-order valence-corrected chi connectivity index (χ0v) is 10.3. The van der Waals surface area contributed by atoms with Crippen molar-refractivity contribution >= 4 is 5.91 Å². The Hall–Kier alpha value is -1.36. The smallest absolute Gasteiger partial charge is 0.224 e. The summed E-state index contributed by atoms with van der Waals surface area (Å²) in [7, 11) is 1.73. The van der Waals surface area contributed by atoms with Crippen molar-refractivity contribution in [1.82, 2.24) is 10.1 Å². The Labute approximate surface area is 95.6 Å². The average Bonchev–Trinajstić information content (AvgIpc) is 2.48. The van der Waals surface area contributed by atoms with Gasteiger partial charge in [0.25, 0.3) is 0 Å². The van der Waals surface area contributed by atoms with Gasteiger partial charge in [-0.3, -0.25) is 4.79 Å². The summed E-state index contributed by atoms with van der Waals surface area (Å²) in [6.07, 6.45) is 0.320. The summed E-state index contributed by atoms with van der Waals surface area (Å²) in [4.78, 5) is 13.4. The first-order chi connectivity index (χ1) is 7.28. The molecule has 0 aliphatic heterocycles. The van der Waals surface area contributed by atoms with E-state index < -0.39 is 5.54 Å². The first-order valence-corrected chi connectivity index (χ1v) is 5.23. The van der Waals surface area contributed by atoms with E-state index in [1.54, 1.807) is 11.9 Å². The number of carbonyl (C=O) groups excluding carboxylic acids is 1. The summed E-state index contributed by atoms with van der Waals surface area (Å²) in [5.74, 6) is 0.753. The first-order valence-electron chi connectivity index (χ1n) is 5.23. The Kier molecular flexibility index (Phi) is 3.70. The third-order valence-electron chi connectivity index (χ3n) is 2.11. The van der Waals surface area contributed by atoms with Crippen molar-refractivity contribution in [3.05, 3.63) is 17.5 Å². The highest BCUT2D eigenvalue weighted by Gasteiger charge is 2.19. The molecule has 0 aliphatic carbocycles. The fourth-order valence-electron chi connectivity index (χ4n) is 1.35. The van der Waals surface area contributed by atoms with E-state index in [9.17, 15) is 4.79 Å². The number of carbonyl (C=O) groups is 1. The van der Waals surface area contributed by atoms with Gasteiger partial charge in [0.15, 0.2) is 0 Å². The predicted molar refractivity (Wildman–Crippen MR) is 60.6 cm³/mol. The third kappa shape index (κ3) is 4.02. The van der Waals surface area contributed by atoms with E-state index in [0.29, 0.717) is 13.0 Å². The van der Waals surface area contributed by atoms with Crippen molar-refractivity contribution in [3.63, 3.8) is 0 Å². The van der Waals surface area contributed by atoms with E-state index in [1.165, 1.54) is 0 Å². The fourth-order valence-corrected chi connectivity index (χ4v) is 1.35. The molecule has 0 atom stereocenters. The Bertz CT molecular complexity index is 366. The summed E-state index contributed by atoms with van der Waals surface area (Å²) in [5, 5.41) is 3.83. The largest absolute Gasteiger partial charge is 0.361 e. The molecule has 2 N–H and O–H groups in total. The molecule has 1 rings (SSSR count). The molecule has 0 aliphatic rings. The molecule has 16 heavy (non-hydrogen) atoms. The predicted octanol–water partition coefficient (Wildman–Crippen LogP) is 1.07. The van der Waals surface area contributed by atoms with Crippen LogP contribution in [0.4, 0.5) is 0 Å². The molecule has 0 spiro atoms. The molecule has 90 valence electrons. The lowest BCUT2D eigenvalue weighted by molar-refractivity contribution is -0.131. The summed E-state index contributed by atoms with van der Waals surface area (Å²) in [6, 6.07) is 1.82. The van der Waals surface area contributed by atoms with Crippen LogP contribution >= 0.6 is 0 Å². The lowest BCUT2D eigenvalue weighted by Crippen LogP contribution is -2.39. The normalized spacial score (nSPS) is 11.6. The highest BCUT2D eigenvalue weighted by Crippen LogP contribution is 2.09. The number of rotatable bonds is 4. The molecule has 1 aromatic rings. The molecule has 0 unspecified atom stereocenters. The molecular weight excluding hydrogens is 206 g/mol. The van der Waals surface area contributed by atoms with Crippen LogP contribution in [0.5, 0.6) is 0 Å². The highest BCUT2D eigenvalue weighted by atomic mass is 16.5. The second-order valence-electron chi connectivity index (χ2n) is 4.84. The van der Waals surface area contributed by atoms with Gasteiger partial charge in [-0.25, -0.2) is 0 Å². The van der Waals surface area contributed by atoms with Crippen LogP contribution in [-0.2, 0) is 11.3 Å². The Morgan fingerprint density at radius 1 is 1.62 bits per heavy atom. The van der Waals surface area contributed by atoms with Crippen LogP contribution in [0.15, 0.2) is 10.6 Å². The Morgan fingerprint density at radius 3 is 2.69 bits per heavy atom. The fraction of sp³-hybridized carbons (Fsp3) is 0.636. The molecule has 0 fully saturated rings. The SMILES string of the molecule is Cc1cc(CN(C)C(=O)CC(C)(C)N)no1. The van der Waals surface area contributed by atoms with Crippen molar-refractivity contribution in [2.24, 2.45) is 5.73 Å². The molecule has 0 radical (unpaired) electrons. The number of nitrogens with zero attached hydrogens (tertiary/aromatic N) is 2. The molecule has 0 bridgehead atoms. The van der Waals surface area contributed by atoms with Gasteiger partial charge in [0.05, 0.1) is 6.54 Å². The minimum atomic E-state index is -0.481. The van der Waals surface area contributed by atoms with E-state index in [4.69, 9.17) is 10.3 Å². The number of aryl methyl sites for hydroxylation is 1. The third-order valence-corrected chi connectivity index (χ3v) is 2.11. The summed E-state index contributed by atoms with van der Waals surface area (Å²) in [6.45, 7) is 5.94. The summed E-state index contributed by atoms with van der Waals surface area (Å²) in [5.41, 5.74) is 6.06. The highest BCUT2D eigenvalue weighted by molar-refractivity contribution is 5.76. The minimum absolute atomic E-state index is 0.00755. The molecular formula is C11H19N3O2. The van der Waals surface area contributed by atoms with Gasteiger partial charge in [0.2, 0.25) is 5.91 Å². The zero-order valence-electron chi connectivity index (χ0n) is 10.3. The molecule has 1 aromatic heterocycles. The van der Waals surface area contributed by atoms with Crippen LogP contribution in [0, 0.1) is 6.92 Å². The van der Waals surface area contributed by atoms with E-state index in [1.807, 2.05) is 26.8 Å². The zero-order chi connectivity index (χ0) is 12.3. The van der Waals surface area contributed by atoms with E-state index >= 15 is 0 Å². The molecule has 0 saturated heterocycles. The Morgan fingerprint density at radius 2 is 2.25 bits per heavy atom. The lowest BCUT2D eigenvalue weighted by atomic mass is 10.0. The van der Waals surface area contributed by atoms with Crippen LogP contribution in [0.2, 0.25) is 0 Å². The molecule has 1 amide bonds. The van der Waals surface area contributed by atoms with Gasteiger partial charge in [0, 0.05) is 25.1 Å². The maximum atomic E-state index is 11.8. The van der Waals surface area contributed by atoms with Gasteiger partial charge in [-0.2, -0.15) is 0 Å². The van der Waals surface area contributed by atoms with Gasteiger partial charge in [-0.15, -0.1) is 0 Å². The van der Waals surface area contributed by atoms with Crippen molar-refractivity contribution in [3.8, 4) is 0 Å². The summed E-state index contributed by atoms with van der Waals surface area (Å²) < 4.78 is 4.93. The molecule has 5 heteroatoms. The number of amides is 1. The second kappa shape index (κ2) is 4.65. The van der Waals surface area contributed by atoms with E-state index in [-0.39, 0.29) is 5.91 Å². The molecule has 1 heterocycles. The van der Waals surface area contributed by atoms with E-state index in [0.717, 1.165) is 11.5 Å². The maximum Gasteiger partial charge on any atom is 0.224 e. The quantitative estimate of drug-likeness (QED) is 0.832. The number of aromatic nitrogens is 1.